The van der Waals surface area contributed by atoms with Crippen LogP contribution in [0.2, 0.25) is 18.1 Å². The predicted molar refractivity (Wildman–Crippen MR) is 149 cm³/mol. The van der Waals surface area contributed by atoms with Gasteiger partial charge in [0.2, 0.25) is 0 Å². The number of aryl methyl sites for hydroxylation is 1. The molecule has 4 fully saturated rings. The lowest BCUT2D eigenvalue weighted by atomic mass is 9.44. The molecule has 0 aliphatic heterocycles. The number of hydrogen-bond donors (Lipinski definition) is 1. The van der Waals surface area contributed by atoms with Gasteiger partial charge in [0.05, 0.1) is 11.7 Å². The number of hydrogen-bond acceptors (Lipinski definition) is 2. The average Bonchev–Trinajstić information content (AvgIpc) is 3.09. The van der Waals surface area contributed by atoms with Crippen molar-refractivity contribution in [3.05, 3.63) is 35.4 Å². The second kappa shape index (κ2) is 8.43. The van der Waals surface area contributed by atoms with Crippen molar-refractivity contribution in [1.82, 2.24) is 0 Å². The van der Waals surface area contributed by atoms with Gasteiger partial charge in [-0.25, -0.2) is 0 Å². The standard InChI is InChI=1S/C32H52O2Si/c1-22-11-9-10-12-25(22)32(33)20-19-30(5)23(21-32)13-14-24-26-15-16-28(31(26,6)18-17-27(24)30)34-35(7,8)29(2,3)4/h9-12,23-24,26-28,33H,13-21H2,1-8H3/t23?,24-,26-,27+,28?,30-,31-,32?/m0/s1. The third kappa shape index (κ3) is 4.02. The summed E-state index contributed by atoms with van der Waals surface area (Å²) in [5.74, 6) is 3.15. The maximum Gasteiger partial charge on any atom is 0.192 e. The second-order valence-corrected chi connectivity index (χ2v) is 20.0. The summed E-state index contributed by atoms with van der Waals surface area (Å²) in [6.07, 6.45) is 11.5. The van der Waals surface area contributed by atoms with Gasteiger partial charge in [-0.3, -0.25) is 0 Å². The van der Waals surface area contributed by atoms with Crippen molar-refractivity contribution in [3.8, 4) is 0 Å². The van der Waals surface area contributed by atoms with Gasteiger partial charge in [-0.1, -0.05) is 58.9 Å². The topological polar surface area (TPSA) is 29.5 Å². The molecule has 0 saturated heterocycles. The van der Waals surface area contributed by atoms with Crippen LogP contribution in [0.15, 0.2) is 24.3 Å². The molecule has 8 atom stereocenters. The summed E-state index contributed by atoms with van der Waals surface area (Å²) in [5, 5.41) is 12.1. The summed E-state index contributed by atoms with van der Waals surface area (Å²) in [7, 11) is -1.76. The van der Waals surface area contributed by atoms with E-state index in [1.54, 1.807) is 0 Å². The van der Waals surface area contributed by atoms with Gasteiger partial charge in [-0.15, -0.1) is 0 Å². The van der Waals surface area contributed by atoms with Crippen LogP contribution in [0.5, 0.6) is 0 Å². The Bertz CT molecular complexity index is 949. The molecule has 196 valence electrons. The van der Waals surface area contributed by atoms with Gasteiger partial charge in [-0.05, 0) is 128 Å². The minimum atomic E-state index is -1.76. The zero-order valence-electron chi connectivity index (χ0n) is 23.9. The number of aliphatic hydroxyl groups is 1. The van der Waals surface area contributed by atoms with Crippen LogP contribution in [0, 0.1) is 41.4 Å². The van der Waals surface area contributed by atoms with E-state index in [0.717, 1.165) is 30.6 Å². The quantitative estimate of drug-likeness (QED) is 0.424. The van der Waals surface area contributed by atoms with Crippen LogP contribution >= 0.6 is 0 Å². The molecule has 0 spiro atoms. The third-order valence-electron chi connectivity index (χ3n) is 12.5. The minimum absolute atomic E-state index is 0.278. The van der Waals surface area contributed by atoms with Gasteiger partial charge in [0.15, 0.2) is 8.32 Å². The molecular formula is C32H52O2Si. The van der Waals surface area contributed by atoms with Crippen molar-refractivity contribution in [1.29, 1.82) is 0 Å². The lowest BCUT2D eigenvalue weighted by molar-refractivity contribution is -0.156. The van der Waals surface area contributed by atoms with E-state index >= 15 is 0 Å². The van der Waals surface area contributed by atoms with Gasteiger partial charge in [0.25, 0.3) is 0 Å². The van der Waals surface area contributed by atoms with Gasteiger partial charge in [-0.2, -0.15) is 0 Å². The van der Waals surface area contributed by atoms with Crippen LogP contribution in [-0.4, -0.2) is 19.5 Å². The first kappa shape index (κ1) is 26.0. The van der Waals surface area contributed by atoms with Gasteiger partial charge < -0.3 is 9.53 Å². The Labute approximate surface area is 216 Å². The molecule has 0 amide bonds. The summed E-state index contributed by atoms with van der Waals surface area (Å²) >= 11 is 0. The third-order valence-corrected chi connectivity index (χ3v) is 17.0. The van der Waals surface area contributed by atoms with Crippen molar-refractivity contribution in [2.75, 3.05) is 0 Å². The number of fused-ring (bicyclic) bond motifs is 5. The first-order valence-electron chi connectivity index (χ1n) is 14.7. The first-order chi connectivity index (χ1) is 16.2. The molecule has 4 aliphatic carbocycles. The average molecular weight is 497 g/mol. The van der Waals surface area contributed by atoms with Crippen LogP contribution in [-0.2, 0) is 10.0 Å². The molecule has 2 nitrogen and oxygen atoms in total. The van der Waals surface area contributed by atoms with E-state index in [0.29, 0.717) is 22.9 Å². The molecule has 4 saturated carbocycles. The largest absolute Gasteiger partial charge is 0.413 e. The maximum atomic E-state index is 11.9. The molecule has 1 aromatic rings. The predicted octanol–water partition coefficient (Wildman–Crippen LogP) is 8.62. The lowest BCUT2D eigenvalue weighted by Crippen LogP contribution is -2.56. The summed E-state index contributed by atoms with van der Waals surface area (Å²) in [5.41, 5.74) is 2.54. The summed E-state index contributed by atoms with van der Waals surface area (Å²) < 4.78 is 7.14. The zero-order chi connectivity index (χ0) is 25.4. The molecule has 0 heterocycles. The van der Waals surface area contributed by atoms with Gasteiger partial charge in [0, 0.05) is 0 Å². The highest BCUT2D eigenvalue weighted by Gasteiger charge is 2.62. The van der Waals surface area contributed by atoms with E-state index in [1.165, 1.54) is 56.1 Å². The summed E-state index contributed by atoms with van der Waals surface area (Å²) in [6, 6.07) is 8.55. The van der Waals surface area contributed by atoms with Crippen molar-refractivity contribution in [3.63, 3.8) is 0 Å². The van der Waals surface area contributed by atoms with E-state index in [9.17, 15) is 5.11 Å². The van der Waals surface area contributed by atoms with Crippen molar-refractivity contribution >= 4 is 8.32 Å². The molecule has 0 radical (unpaired) electrons. The van der Waals surface area contributed by atoms with Gasteiger partial charge in [0.1, 0.15) is 0 Å². The molecule has 5 rings (SSSR count). The van der Waals surface area contributed by atoms with Crippen LogP contribution in [0.1, 0.15) is 104 Å². The van der Waals surface area contributed by atoms with Crippen molar-refractivity contribution in [2.24, 2.45) is 34.5 Å². The maximum absolute atomic E-state index is 11.9. The fourth-order valence-corrected chi connectivity index (χ4v) is 10.7. The van der Waals surface area contributed by atoms with E-state index < -0.39 is 13.9 Å². The molecule has 1 aromatic carbocycles. The normalized spacial score (nSPS) is 43.9. The fraction of sp³-hybridized carbons (Fsp3) is 0.812. The highest BCUT2D eigenvalue weighted by atomic mass is 28.4. The Morgan fingerprint density at radius 2 is 1.57 bits per heavy atom. The molecule has 35 heavy (non-hydrogen) atoms. The van der Waals surface area contributed by atoms with Crippen LogP contribution < -0.4 is 0 Å². The Morgan fingerprint density at radius 3 is 2.26 bits per heavy atom. The fourth-order valence-electron chi connectivity index (χ4n) is 9.26. The SMILES string of the molecule is Cc1ccccc1C1(O)CC[C@@]2(C)C(CC[C@@H]3[C@H]2CC[C@]2(C)C(O[Si](C)(C)C(C)(C)C)CC[C@@H]32)C1. The van der Waals surface area contributed by atoms with E-state index in [-0.39, 0.29) is 5.04 Å². The first-order valence-corrected chi connectivity index (χ1v) is 17.6. The van der Waals surface area contributed by atoms with E-state index in [1.807, 2.05) is 0 Å². The van der Waals surface area contributed by atoms with Crippen LogP contribution in [0.25, 0.3) is 0 Å². The molecule has 3 heteroatoms. The number of rotatable bonds is 3. The smallest absolute Gasteiger partial charge is 0.192 e. The van der Waals surface area contributed by atoms with Crippen LogP contribution in [0.4, 0.5) is 0 Å². The summed E-state index contributed by atoms with van der Waals surface area (Å²) in [4.78, 5) is 0. The van der Waals surface area contributed by atoms with Crippen LogP contribution in [0.3, 0.4) is 0 Å². The highest BCUT2D eigenvalue weighted by Crippen LogP contribution is 2.68. The van der Waals surface area contributed by atoms with E-state index in [4.69, 9.17) is 4.43 Å². The zero-order valence-corrected chi connectivity index (χ0v) is 24.9. The minimum Gasteiger partial charge on any atom is -0.413 e. The highest BCUT2D eigenvalue weighted by molar-refractivity contribution is 6.74. The lowest BCUT2D eigenvalue weighted by Gasteiger charge is -2.62. The molecular weight excluding hydrogens is 444 g/mol. The van der Waals surface area contributed by atoms with E-state index in [2.05, 4.69) is 78.9 Å². The molecule has 4 aliphatic rings. The summed E-state index contributed by atoms with van der Waals surface area (Å²) in [6.45, 7) is 19.4. The number of benzene rings is 1. The molecule has 1 N–H and O–H groups in total. The Hall–Kier alpha value is -0.643. The van der Waals surface area contributed by atoms with Crippen molar-refractivity contribution in [2.45, 2.75) is 129 Å². The van der Waals surface area contributed by atoms with Gasteiger partial charge >= 0.3 is 0 Å². The monoisotopic (exact) mass is 496 g/mol. The second-order valence-electron chi connectivity index (χ2n) is 15.2. The van der Waals surface area contributed by atoms with Crippen molar-refractivity contribution < 1.29 is 9.53 Å². The molecule has 0 aromatic heterocycles. The Kier molecular flexibility index (Phi) is 6.26. The molecule has 3 unspecified atom stereocenters. The Morgan fingerprint density at radius 1 is 0.886 bits per heavy atom. The molecule has 0 bridgehead atoms. The Balaban J connectivity index is 1.35.